The zero-order valence-corrected chi connectivity index (χ0v) is 11.2. The van der Waals surface area contributed by atoms with E-state index in [1.165, 1.54) is 12.8 Å². The van der Waals surface area contributed by atoms with Crippen molar-refractivity contribution < 1.29 is 4.74 Å². The van der Waals surface area contributed by atoms with E-state index < -0.39 is 0 Å². The Bertz CT molecular complexity index is 374. The second-order valence-corrected chi connectivity index (χ2v) is 5.95. The maximum atomic E-state index is 5.77. The lowest BCUT2D eigenvalue weighted by Gasteiger charge is -2.18. The summed E-state index contributed by atoms with van der Waals surface area (Å²) in [5.41, 5.74) is 1.42. The second kappa shape index (κ2) is 4.30. The summed E-state index contributed by atoms with van der Waals surface area (Å²) in [5.74, 6) is 0.861. The van der Waals surface area contributed by atoms with Crippen LogP contribution in [0, 0.1) is 0 Å². The summed E-state index contributed by atoms with van der Waals surface area (Å²) < 4.78 is 5.77. The van der Waals surface area contributed by atoms with Gasteiger partial charge in [-0.2, -0.15) is 0 Å². The maximum absolute atomic E-state index is 5.77. The Balaban J connectivity index is 1.94. The van der Waals surface area contributed by atoms with Crippen LogP contribution in [0.15, 0.2) is 18.3 Å². The first kappa shape index (κ1) is 12.4. The molecule has 0 radical (unpaired) electrons. The number of ether oxygens (including phenoxy) is 1. The van der Waals surface area contributed by atoms with Crippen LogP contribution < -0.4 is 10.1 Å². The van der Waals surface area contributed by atoms with Crippen LogP contribution in [0.5, 0.6) is 5.75 Å². The molecule has 3 heteroatoms. The Morgan fingerprint density at radius 1 is 1.35 bits per heavy atom. The Morgan fingerprint density at radius 2 is 2.06 bits per heavy atom. The molecule has 1 saturated carbocycles. The van der Waals surface area contributed by atoms with E-state index in [1.54, 1.807) is 0 Å². The fraction of sp³-hybridized carbons (Fsp3) is 0.643. The molecule has 0 atom stereocenters. The third-order valence-electron chi connectivity index (χ3n) is 3.40. The fourth-order valence-electron chi connectivity index (χ4n) is 1.75. The number of nitrogens with zero attached hydrogens (tertiary/aromatic N) is 1. The SMILES string of the molecule is CNC1(COc2ccc(C(C)(C)C)nc2)CC1. The zero-order chi connectivity index (χ0) is 12.5. The summed E-state index contributed by atoms with van der Waals surface area (Å²) in [6.07, 6.45) is 4.24. The van der Waals surface area contributed by atoms with E-state index in [0.717, 1.165) is 18.1 Å². The molecule has 1 aromatic rings. The van der Waals surface area contributed by atoms with E-state index in [1.807, 2.05) is 25.4 Å². The largest absolute Gasteiger partial charge is 0.490 e. The van der Waals surface area contributed by atoms with E-state index in [-0.39, 0.29) is 11.0 Å². The zero-order valence-electron chi connectivity index (χ0n) is 11.2. The average Bonchev–Trinajstić information content (AvgIpc) is 3.06. The first-order valence-corrected chi connectivity index (χ1v) is 6.23. The maximum Gasteiger partial charge on any atom is 0.137 e. The highest BCUT2D eigenvalue weighted by Crippen LogP contribution is 2.35. The highest BCUT2D eigenvalue weighted by atomic mass is 16.5. The minimum Gasteiger partial charge on any atom is -0.490 e. The average molecular weight is 234 g/mol. The van der Waals surface area contributed by atoms with Crippen LogP contribution in [0.3, 0.4) is 0 Å². The highest BCUT2D eigenvalue weighted by Gasteiger charge is 2.41. The van der Waals surface area contributed by atoms with Crippen molar-refractivity contribution in [2.75, 3.05) is 13.7 Å². The van der Waals surface area contributed by atoms with Crippen LogP contribution in [0.25, 0.3) is 0 Å². The van der Waals surface area contributed by atoms with Crippen molar-refractivity contribution in [1.29, 1.82) is 0 Å². The van der Waals surface area contributed by atoms with Crippen molar-refractivity contribution in [3.8, 4) is 5.75 Å². The molecule has 1 aliphatic carbocycles. The Kier molecular flexibility index (Phi) is 3.13. The third-order valence-corrected chi connectivity index (χ3v) is 3.40. The van der Waals surface area contributed by atoms with Crippen molar-refractivity contribution in [2.24, 2.45) is 0 Å². The molecule has 0 amide bonds. The summed E-state index contributed by atoms with van der Waals surface area (Å²) in [7, 11) is 2.00. The van der Waals surface area contributed by atoms with Gasteiger partial charge in [-0.05, 0) is 32.0 Å². The van der Waals surface area contributed by atoms with Crippen LogP contribution in [-0.2, 0) is 5.41 Å². The number of nitrogens with one attached hydrogen (secondary N) is 1. The molecule has 3 nitrogen and oxygen atoms in total. The standard InChI is InChI=1S/C14H22N2O/c1-13(2,3)12-6-5-11(9-16-12)17-10-14(15-4)7-8-14/h5-6,9,15H,7-8,10H2,1-4H3. The number of hydrogen-bond donors (Lipinski definition) is 1. The Hall–Kier alpha value is -1.09. The predicted octanol–water partition coefficient (Wildman–Crippen LogP) is 2.51. The Labute approximate surface area is 104 Å². The van der Waals surface area contributed by atoms with E-state index in [4.69, 9.17) is 4.74 Å². The number of likely N-dealkylation sites (N-methyl/N-ethyl adjacent to an activating group) is 1. The molecule has 0 unspecified atom stereocenters. The molecule has 1 aromatic heterocycles. The third kappa shape index (κ3) is 2.97. The van der Waals surface area contributed by atoms with Gasteiger partial charge in [0.2, 0.25) is 0 Å². The van der Waals surface area contributed by atoms with E-state index >= 15 is 0 Å². The lowest BCUT2D eigenvalue weighted by atomic mass is 9.92. The molecule has 1 fully saturated rings. The van der Waals surface area contributed by atoms with Gasteiger partial charge < -0.3 is 10.1 Å². The van der Waals surface area contributed by atoms with Gasteiger partial charge in [0.15, 0.2) is 0 Å². The van der Waals surface area contributed by atoms with Crippen molar-refractivity contribution >= 4 is 0 Å². The first-order chi connectivity index (χ1) is 7.95. The summed E-state index contributed by atoms with van der Waals surface area (Å²) >= 11 is 0. The van der Waals surface area contributed by atoms with Crippen molar-refractivity contribution in [3.63, 3.8) is 0 Å². The molecule has 2 rings (SSSR count). The van der Waals surface area contributed by atoms with E-state index in [9.17, 15) is 0 Å². The van der Waals surface area contributed by atoms with Crippen molar-refractivity contribution in [1.82, 2.24) is 10.3 Å². The monoisotopic (exact) mass is 234 g/mol. The number of rotatable bonds is 4. The van der Waals surface area contributed by atoms with Gasteiger partial charge >= 0.3 is 0 Å². The summed E-state index contributed by atoms with van der Waals surface area (Å²) in [4.78, 5) is 4.45. The van der Waals surface area contributed by atoms with E-state index in [0.29, 0.717) is 0 Å². The molecule has 94 valence electrons. The summed E-state index contributed by atoms with van der Waals surface area (Å²) in [6.45, 7) is 7.22. The van der Waals surface area contributed by atoms with Gasteiger partial charge in [0.25, 0.3) is 0 Å². The van der Waals surface area contributed by atoms with Gasteiger partial charge in [0, 0.05) is 11.1 Å². The van der Waals surface area contributed by atoms with Gasteiger partial charge in [-0.3, -0.25) is 4.98 Å². The lowest BCUT2D eigenvalue weighted by molar-refractivity contribution is 0.258. The molecule has 1 heterocycles. The second-order valence-electron chi connectivity index (χ2n) is 5.95. The summed E-state index contributed by atoms with van der Waals surface area (Å²) in [6, 6.07) is 4.06. The topological polar surface area (TPSA) is 34.1 Å². The number of pyridine rings is 1. The molecular weight excluding hydrogens is 212 g/mol. The van der Waals surface area contributed by atoms with Crippen LogP contribution in [0.4, 0.5) is 0 Å². The minimum absolute atomic E-state index is 0.0984. The van der Waals surface area contributed by atoms with Crippen molar-refractivity contribution in [2.45, 2.75) is 44.6 Å². The molecule has 0 aliphatic heterocycles. The summed E-state index contributed by atoms with van der Waals surface area (Å²) in [5, 5.41) is 3.31. The van der Waals surface area contributed by atoms with Gasteiger partial charge in [-0.25, -0.2) is 0 Å². The van der Waals surface area contributed by atoms with Gasteiger partial charge in [0.1, 0.15) is 12.4 Å². The molecule has 0 bridgehead atoms. The quantitative estimate of drug-likeness (QED) is 0.869. The minimum atomic E-state index is 0.0984. The van der Waals surface area contributed by atoms with Crippen LogP contribution in [0.1, 0.15) is 39.3 Å². The molecule has 0 aromatic carbocycles. The number of hydrogen-bond acceptors (Lipinski definition) is 3. The molecule has 17 heavy (non-hydrogen) atoms. The first-order valence-electron chi connectivity index (χ1n) is 6.23. The number of aromatic nitrogens is 1. The smallest absolute Gasteiger partial charge is 0.137 e. The lowest BCUT2D eigenvalue weighted by Crippen LogP contribution is -2.33. The fourth-order valence-corrected chi connectivity index (χ4v) is 1.75. The van der Waals surface area contributed by atoms with Crippen molar-refractivity contribution in [3.05, 3.63) is 24.0 Å². The Morgan fingerprint density at radius 3 is 2.47 bits per heavy atom. The molecule has 1 aliphatic rings. The van der Waals surface area contributed by atoms with Crippen LogP contribution in [-0.4, -0.2) is 24.2 Å². The molecule has 1 N–H and O–H groups in total. The molecule has 0 saturated heterocycles. The van der Waals surface area contributed by atoms with Gasteiger partial charge in [0.05, 0.1) is 11.7 Å². The van der Waals surface area contributed by atoms with Gasteiger partial charge in [-0.1, -0.05) is 20.8 Å². The molecule has 0 spiro atoms. The van der Waals surface area contributed by atoms with Crippen LogP contribution >= 0.6 is 0 Å². The molecular formula is C14H22N2O. The van der Waals surface area contributed by atoms with Crippen LogP contribution in [0.2, 0.25) is 0 Å². The highest BCUT2D eigenvalue weighted by molar-refractivity contribution is 5.23. The van der Waals surface area contributed by atoms with E-state index in [2.05, 4.69) is 31.1 Å². The predicted molar refractivity (Wildman–Crippen MR) is 69.5 cm³/mol. The van der Waals surface area contributed by atoms with Gasteiger partial charge in [-0.15, -0.1) is 0 Å². The normalized spacial score (nSPS) is 17.9.